The number of hydrogen-bond acceptors (Lipinski definition) is 5. The standard InChI is InChI=1S/C2F10N3O2P3/c3-1(4,5)16-20(17-2(6,7)8)14-18(9,10)13-19(11,12)15-20. The maximum atomic E-state index is 12.7. The summed E-state index contributed by atoms with van der Waals surface area (Å²) in [6, 6.07) is 0. The Morgan fingerprint density at radius 2 is 0.950 bits per heavy atom. The van der Waals surface area contributed by atoms with Crippen molar-refractivity contribution in [2.75, 3.05) is 0 Å². The second-order valence-corrected chi connectivity index (χ2v) is 8.06. The van der Waals surface area contributed by atoms with Crippen molar-refractivity contribution in [1.82, 2.24) is 0 Å². The van der Waals surface area contributed by atoms with Crippen molar-refractivity contribution in [2.45, 2.75) is 12.7 Å². The van der Waals surface area contributed by atoms with Crippen LogP contribution in [0.1, 0.15) is 0 Å². The molecule has 0 aromatic heterocycles. The minimum Gasteiger partial charge on any atom is -0.210 e. The summed E-state index contributed by atoms with van der Waals surface area (Å²) >= 11 is 0. The first kappa shape index (κ1) is 18.0. The van der Waals surface area contributed by atoms with Gasteiger partial charge in [0, 0.05) is 0 Å². The SMILES string of the molecule is FC(F)(F)OP1(OC(F)(F)F)=NP(F)(F)=NP(F)(F)=N1. The Morgan fingerprint density at radius 1 is 0.600 bits per heavy atom. The third-order valence-electron chi connectivity index (χ3n) is 1.10. The first-order valence-electron chi connectivity index (χ1n) is 3.78. The summed E-state index contributed by atoms with van der Waals surface area (Å²) in [5.41, 5.74) is 0. The quantitative estimate of drug-likeness (QED) is 0.391. The second kappa shape index (κ2) is 4.98. The van der Waals surface area contributed by atoms with Crippen molar-refractivity contribution in [3.05, 3.63) is 0 Å². The average molecular weight is 381 g/mol. The highest BCUT2D eigenvalue weighted by molar-refractivity contribution is 7.77. The van der Waals surface area contributed by atoms with Gasteiger partial charge in [-0.1, -0.05) is 0 Å². The Bertz CT molecular complexity index is 522. The molecular formula is C2F10N3O2P3. The third kappa shape index (κ3) is 5.72. The van der Waals surface area contributed by atoms with E-state index in [0.29, 0.717) is 0 Å². The summed E-state index contributed by atoms with van der Waals surface area (Å²) in [5.74, 6) is 0. The molecule has 1 aliphatic rings. The van der Waals surface area contributed by atoms with Crippen LogP contribution < -0.4 is 0 Å². The predicted octanol–water partition coefficient (Wildman–Crippen LogP) is 6.79. The molecule has 0 spiro atoms. The molecule has 0 aromatic carbocycles. The molecular weight excluding hydrogens is 381 g/mol. The summed E-state index contributed by atoms with van der Waals surface area (Å²) < 4.78 is 132. The number of alkyl halides is 6. The average Bonchev–Trinajstić information content (AvgIpc) is 1.83. The number of rotatable bonds is 2. The van der Waals surface area contributed by atoms with Gasteiger partial charge in [0.1, 0.15) is 0 Å². The van der Waals surface area contributed by atoms with Gasteiger partial charge >= 0.3 is 36.0 Å². The minimum absolute atomic E-state index is 1.46. The molecule has 120 valence electrons. The monoisotopic (exact) mass is 381 g/mol. The molecule has 20 heavy (non-hydrogen) atoms. The van der Waals surface area contributed by atoms with Crippen molar-refractivity contribution in [2.24, 2.45) is 13.5 Å². The van der Waals surface area contributed by atoms with E-state index >= 15 is 0 Å². The van der Waals surface area contributed by atoms with Gasteiger partial charge in [0.05, 0.1) is 0 Å². The molecule has 0 unspecified atom stereocenters. The van der Waals surface area contributed by atoms with Crippen molar-refractivity contribution in [1.29, 1.82) is 0 Å². The fraction of sp³-hybridized carbons (Fsp3) is 1.00. The van der Waals surface area contributed by atoms with E-state index in [0.717, 1.165) is 0 Å². The highest BCUT2D eigenvalue weighted by atomic mass is 31.3. The molecule has 0 bridgehead atoms. The zero-order valence-corrected chi connectivity index (χ0v) is 11.0. The molecule has 0 N–H and O–H groups in total. The van der Waals surface area contributed by atoms with E-state index in [2.05, 4.69) is 9.05 Å². The Morgan fingerprint density at radius 3 is 1.25 bits per heavy atom. The molecule has 1 heterocycles. The molecule has 0 saturated carbocycles. The van der Waals surface area contributed by atoms with E-state index in [1.807, 2.05) is 0 Å². The fourth-order valence-corrected chi connectivity index (χ4v) is 6.58. The molecule has 0 atom stereocenters. The van der Waals surface area contributed by atoms with Crippen molar-refractivity contribution in [3.63, 3.8) is 0 Å². The zero-order valence-electron chi connectivity index (χ0n) is 8.28. The molecule has 0 amide bonds. The fourth-order valence-electron chi connectivity index (χ4n) is 0.816. The molecule has 18 heteroatoms. The van der Waals surface area contributed by atoms with Crippen LogP contribution in [0, 0.1) is 0 Å². The highest BCUT2D eigenvalue weighted by Crippen LogP contribution is 2.82. The van der Waals surface area contributed by atoms with Crippen LogP contribution in [0.25, 0.3) is 0 Å². The summed E-state index contributed by atoms with van der Waals surface area (Å²) in [4.78, 5) is 0. The van der Waals surface area contributed by atoms with E-state index in [1.54, 1.807) is 9.03 Å². The predicted molar refractivity (Wildman–Crippen MR) is 46.8 cm³/mol. The largest absolute Gasteiger partial charge is 0.529 e. The Hall–Kier alpha value is -0.0900. The molecule has 1 rings (SSSR count). The lowest BCUT2D eigenvalue weighted by molar-refractivity contribution is -0.303. The van der Waals surface area contributed by atoms with Crippen LogP contribution >= 0.6 is 23.3 Å². The molecule has 0 fully saturated rings. The van der Waals surface area contributed by atoms with Gasteiger partial charge in [0.25, 0.3) is 0 Å². The molecule has 0 aliphatic carbocycles. The van der Waals surface area contributed by atoms with Crippen molar-refractivity contribution < 1.29 is 52.2 Å². The lowest BCUT2D eigenvalue weighted by Gasteiger charge is -2.24. The molecule has 0 radical (unpaired) electrons. The highest BCUT2D eigenvalue weighted by Gasteiger charge is 2.52. The van der Waals surface area contributed by atoms with Crippen LogP contribution in [-0.2, 0) is 9.05 Å². The van der Waals surface area contributed by atoms with Crippen LogP contribution in [0.5, 0.6) is 0 Å². The van der Waals surface area contributed by atoms with Crippen LogP contribution in [0.4, 0.5) is 43.1 Å². The molecule has 0 saturated heterocycles. The van der Waals surface area contributed by atoms with Crippen LogP contribution in [-0.4, -0.2) is 12.7 Å². The van der Waals surface area contributed by atoms with Crippen LogP contribution in [0.15, 0.2) is 13.5 Å². The van der Waals surface area contributed by atoms with E-state index < -0.39 is 36.0 Å². The van der Waals surface area contributed by atoms with Gasteiger partial charge in [-0.3, -0.25) is 0 Å². The summed E-state index contributed by atoms with van der Waals surface area (Å²) in [6.45, 7) is 0. The van der Waals surface area contributed by atoms with Crippen molar-refractivity contribution in [3.8, 4) is 0 Å². The number of hydrogen-bond donors (Lipinski definition) is 0. The van der Waals surface area contributed by atoms with Gasteiger partial charge in [-0.15, -0.1) is 56.7 Å². The first-order chi connectivity index (χ1) is 8.54. The van der Waals surface area contributed by atoms with Gasteiger partial charge in [0.15, 0.2) is 0 Å². The number of nitrogens with zero attached hydrogens (tertiary/aromatic N) is 3. The van der Waals surface area contributed by atoms with E-state index in [1.165, 1.54) is 4.52 Å². The van der Waals surface area contributed by atoms with Crippen LogP contribution in [0.2, 0.25) is 0 Å². The third-order valence-corrected chi connectivity index (χ3v) is 7.24. The van der Waals surface area contributed by atoms with E-state index in [9.17, 15) is 43.1 Å². The Labute approximate surface area is 103 Å². The van der Waals surface area contributed by atoms with Crippen LogP contribution in [0.3, 0.4) is 0 Å². The van der Waals surface area contributed by atoms with E-state index in [4.69, 9.17) is 0 Å². The smallest absolute Gasteiger partial charge is 0.210 e. The summed E-state index contributed by atoms with van der Waals surface area (Å²) in [7, 11) is -19.4. The zero-order chi connectivity index (χ0) is 16.0. The van der Waals surface area contributed by atoms with Gasteiger partial charge < -0.3 is 0 Å². The lowest BCUT2D eigenvalue weighted by Crippen LogP contribution is -2.17. The lowest BCUT2D eigenvalue weighted by atomic mass is 11.4. The van der Waals surface area contributed by atoms with Gasteiger partial charge in [-0.2, -0.15) is 0 Å². The Balaban J connectivity index is 3.52. The molecule has 0 aromatic rings. The van der Waals surface area contributed by atoms with Gasteiger partial charge in [-0.25, -0.2) is 9.05 Å². The Kier molecular flexibility index (Phi) is 4.47. The molecule has 5 nitrogen and oxygen atoms in total. The second-order valence-electron chi connectivity index (χ2n) is 2.74. The first-order valence-corrected chi connectivity index (χ1v) is 8.27. The maximum absolute atomic E-state index is 12.7. The minimum atomic E-state index is -6.50. The molecule has 1 aliphatic heterocycles. The van der Waals surface area contributed by atoms with Gasteiger partial charge in [-0.05, 0) is 0 Å². The maximum Gasteiger partial charge on any atom is 0.529 e. The van der Waals surface area contributed by atoms with Gasteiger partial charge in [0.2, 0.25) is 0 Å². The summed E-state index contributed by atoms with van der Waals surface area (Å²) in [5, 5.41) is 0. The topological polar surface area (TPSA) is 55.5 Å². The normalized spacial score (nSPS) is 24.3. The van der Waals surface area contributed by atoms with Crippen molar-refractivity contribution >= 4 is 23.3 Å². The van der Waals surface area contributed by atoms with E-state index in [-0.39, 0.29) is 0 Å². The number of halogens is 10. The summed E-state index contributed by atoms with van der Waals surface area (Å²) in [6.07, 6.45) is -12.0.